The summed E-state index contributed by atoms with van der Waals surface area (Å²) in [6.45, 7) is -0.981. The minimum atomic E-state index is -2.60. The summed E-state index contributed by atoms with van der Waals surface area (Å²) in [5.41, 5.74) is 0.663. The van der Waals surface area contributed by atoms with Gasteiger partial charge in [0.15, 0.2) is 0 Å². The minimum absolute atomic E-state index is 0.0448. The molecular formula is C13H18N2O. The zero-order valence-corrected chi connectivity index (χ0v) is 9.15. The van der Waals surface area contributed by atoms with Crippen LogP contribution in [-0.2, 0) is 4.79 Å². The van der Waals surface area contributed by atoms with Crippen molar-refractivity contribution in [1.29, 1.82) is 0 Å². The maximum absolute atomic E-state index is 12.2. The van der Waals surface area contributed by atoms with Gasteiger partial charge in [0.2, 0.25) is 5.91 Å². The second kappa shape index (κ2) is 5.12. The lowest BCUT2D eigenvalue weighted by molar-refractivity contribution is -0.117. The Morgan fingerprint density at radius 2 is 2.06 bits per heavy atom. The third-order valence-electron chi connectivity index (χ3n) is 2.93. The van der Waals surface area contributed by atoms with Gasteiger partial charge in [-0.3, -0.25) is 4.79 Å². The van der Waals surface area contributed by atoms with Gasteiger partial charge in [0.05, 0.1) is 0 Å². The predicted octanol–water partition coefficient (Wildman–Crippen LogP) is 1.79. The molecule has 1 aliphatic heterocycles. The number of nitrogens with zero attached hydrogens (tertiary/aromatic N) is 1. The number of carbonyl (C=O) groups excluding carboxylic acids is 1. The Morgan fingerprint density at radius 1 is 1.38 bits per heavy atom. The quantitative estimate of drug-likeness (QED) is 0.825. The number of para-hydroxylation sites is 1. The Bertz CT molecular complexity index is 427. The van der Waals surface area contributed by atoms with Crippen molar-refractivity contribution in [2.24, 2.45) is 0 Å². The van der Waals surface area contributed by atoms with Gasteiger partial charge in [-0.15, -0.1) is 0 Å². The first-order valence-electron chi connectivity index (χ1n) is 7.09. The van der Waals surface area contributed by atoms with E-state index in [2.05, 4.69) is 5.32 Å². The summed E-state index contributed by atoms with van der Waals surface area (Å²) in [5.74, 6) is -0.786. The lowest BCUT2D eigenvalue weighted by Crippen LogP contribution is -2.45. The maximum Gasteiger partial charge on any atom is 0.224 e. The lowest BCUT2D eigenvalue weighted by Gasteiger charge is -2.34. The standard InChI is InChI=1S/C13H18N2O/c1-11(16)15(12-5-3-2-4-6-12)13-7-9-14-10-8-13/h2-6,13-14H,7-10H2,1H3/i1D3. The van der Waals surface area contributed by atoms with E-state index in [-0.39, 0.29) is 6.04 Å². The van der Waals surface area contributed by atoms with Crippen molar-refractivity contribution in [3.8, 4) is 0 Å². The topological polar surface area (TPSA) is 32.3 Å². The Kier molecular flexibility index (Phi) is 2.51. The second-order valence-electron chi connectivity index (χ2n) is 3.99. The monoisotopic (exact) mass is 221 g/mol. The molecule has 1 N–H and O–H groups in total. The third-order valence-corrected chi connectivity index (χ3v) is 2.93. The average molecular weight is 221 g/mol. The molecule has 16 heavy (non-hydrogen) atoms. The van der Waals surface area contributed by atoms with Crippen LogP contribution in [0.3, 0.4) is 0 Å². The molecule has 0 atom stereocenters. The van der Waals surface area contributed by atoms with Crippen LogP contribution in [0, 0.1) is 0 Å². The van der Waals surface area contributed by atoms with E-state index >= 15 is 0 Å². The van der Waals surface area contributed by atoms with Gasteiger partial charge in [0.1, 0.15) is 0 Å². The molecule has 1 saturated heterocycles. The molecule has 0 spiro atoms. The predicted molar refractivity (Wildman–Crippen MR) is 65.5 cm³/mol. The van der Waals surface area contributed by atoms with Gasteiger partial charge in [-0.2, -0.15) is 0 Å². The first-order chi connectivity index (χ1) is 9.00. The van der Waals surface area contributed by atoms with E-state index in [1.807, 2.05) is 18.2 Å². The first-order valence-corrected chi connectivity index (χ1v) is 5.59. The Labute approximate surface area is 101 Å². The number of carbonyl (C=O) groups is 1. The van der Waals surface area contributed by atoms with E-state index in [4.69, 9.17) is 4.11 Å². The van der Waals surface area contributed by atoms with E-state index < -0.39 is 12.8 Å². The number of nitrogens with one attached hydrogen (secondary N) is 1. The van der Waals surface area contributed by atoms with Crippen molar-refractivity contribution in [3.63, 3.8) is 0 Å². The molecule has 0 bridgehead atoms. The number of piperidine rings is 1. The van der Waals surface area contributed by atoms with Gasteiger partial charge in [-0.25, -0.2) is 0 Å². The highest BCUT2D eigenvalue weighted by Gasteiger charge is 2.23. The normalized spacial score (nSPS) is 20.6. The highest BCUT2D eigenvalue weighted by Crippen LogP contribution is 2.21. The van der Waals surface area contributed by atoms with Crippen molar-refractivity contribution in [2.45, 2.75) is 25.7 Å². The van der Waals surface area contributed by atoms with Crippen LogP contribution >= 0.6 is 0 Å². The van der Waals surface area contributed by atoms with Gasteiger partial charge in [-0.05, 0) is 38.1 Å². The van der Waals surface area contributed by atoms with E-state index in [0.29, 0.717) is 5.69 Å². The fourth-order valence-electron chi connectivity index (χ4n) is 2.15. The van der Waals surface area contributed by atoms with Gasteiger partial charge in [-0.1, -0.05) is 18.2 Å². The zero-order valence-electron chi connectivity index (χ0n) is 12.1. The average Bonchev–Trinajstić information content (AvgIpc) is 2.40. The summed E-state index contributed by atoms with van der Waals surface area (Å²) < 4.78 is 22.1. The maximum atomic E-state index is 12.2. The fourth-order valence-corrected chi connectivity index (χ4v) is 2.15. The second-order valence-corrected chi connectivity index (χ2v) is 3.99. The molecule has 1 aromatic carbocycles. The van der Waals surface area contributed by atoms with Crippen molar-refractivity contribution >= 4 is 11.6 Å². The van der Waals surface area contributed by atoms with Crippen LogP contribution in [0.2, 0.25) is 0 Å². The molecule has 1 fully saturated rings. The van der Waals surface area contributed by atoms with E-state index in [9.17, 15) is 4.79 Å². The Balaban J connectivity index is 2.30. The van der Waals surface area contributed by atoms with Crippen molar-refractivity contribution in [1.82, 2.24) is 5.32 Å². The smallest absolute Gasteiger partial charge is 0.224 e. The number of rotatable bonds is 2. The molecule has 3 heteroatoms. The van der Waals surface area contributed by atoms with E-state index in [1.165, 1.54) is 4.90 Å². The molecule has 0 unspecified atom stereocenters. The largest absolute Gasteiger partial charge is 0.317 e. The Morgan fingerprint density at radius 3 is 2.69 bits per heavy atom. The van der Waals surface area contributed by atoms with Crippen LogP contribution in [0.15, 0.2) is 30.3 Å². The summed E-state index contributed by atoms with van der Waals surface area (Å²) in [4.78, 5) is 13.7. The van der Waals surface area contributed by atoms with Crippen molar-refractivity contribution in [3.05, 3.63) is 30.3 Å². The van der Waals surface area contributed by atoms with Crippen LogP contribution in [-0.4, -0.2) is 25.0 Å². The summed E-state index contributed by atoms with van der Waals surface area (Å²) in [7, 11) is 0. The lowest BCUT2D eigenvalue weighted by atomic mass is 10.0. The highest BCUT2D eigenvalue weighted by atomic mass is 16.2. The molecule has 0 aromatic heterocycles. The molecule has 3 nitrogen and oxygen atoms in total. The van der Waals surface area contributed by atoms with Gasteiger partial charge >= 0.3 is 0 Å². The molecule has 86 valence electrons. The molecule has 0 saturated carbocycles. The SMILES string of the molecule is [2H]C([2H])([2H])C(=O)N(c1ccccc1)C1CCNCC1. The fraction of sp³-hybridized carbons (Fsp3) is 0.462. The molecule has 0 radical (unpaired) electrons. The first kappa shape index (κ1) is 7.85. The number of hydrogen-bond donors (Lipinski definition) is 1. The Hall–Kier alpha value is -1.35. The van der Waals surface area contributed by atoms with E-state index in [1.54, 1.807) is 12.1 Å². The van der Waals surface area contributed by atoms with Gasteiger partial charge < -0.3 is 10.2 Å². The van der Waals surface area contributed by atoms with Crippen LogP contribution in [0.1, 0.15) is 23.8 Å². The van der Waals surface area contributed by atoms with E-state index in [0.717, 1.165) is 25.9 Å². The van der Waals surface area contributed by atoms with Crippen molar-refractivity contribution < 1.29 is 8.91 Å². The van der Waals surface area contributed by atoms with Gasteiger partial charge in [0.25, 0.3) is 0 Å². The molecule has 1 aliphatic rings. The molecule has 2 rings (SSSR count). The number of anilines is 1. The summed E-state index contributed by atoms with van der Waals surface area (Å²) >= 11 is 0. The van der Waals surface area contributed by atoms with Gasteiger partial charge in [0, 0.05) is 22.7 Å². The van der Waals surface area contributed by atoms with Crippen LogP contribution in [0.5, 0.6) is 0 Å². The summed E-state index contributed by atoms with van der Waals surface area (Å²) in [6.07, 6.45) is 1.55. The number of hydrogen-bond acceptors (Lipinski definition) is 2. The molecule has 1 aromatic rings. The molecule has 1 amide bonds. The minimum Gasteiger partial charge on any atom is -0.317 e. The molecular weight excluding hydrogens is 200 g/mol. The molecule has 0 aliphatic carbocycles. The van der Waals surface area contributed by atoms with Crippen LogP contribution in [0.4, 0.5) is 5.69 Å². The van der Waals surface area contributed by atoms with Crippen molar-refractivity contribution in [2.75, 3.05) is 18.0 Å². The number of benzene rings is 1. The molecule has 1 heterocycles. The number of amides is 1. The van der Waals surface area contributed by atoms with Crippen LogP contribution < -0.4 is 10.2 Å². The van der Waals surface area contributed by atoms with Crippen LogP contribution in [0.25, 0.3) is 0 Å². The zero-order chi connectivity index (χ0) is 13.9. The highest BCUT2D eigenvalue weighted by molar-refractivity contribution is 5.92. The summed E-state index contributed by atoms with van der Waals surface area (Å²) in [5, 5.41) is 3.22. The summed E-state index contributed by atoms with van der Waals surface area (Å²) in [6, 6.07) is 9.00. The third kappa shape index (κ3) is 2.42.